The summed E-state index contributed by atoms with van der Waals surface area (Å²) in [6.07, 6.45) is 1.46. The zero-order valence-corrected chi connectivity index (χ0v) is 19.2. The highest BCUT2D eigenvalue weighted by Crippen LogP contribution is 2.45. The molecule has 0 bridgehead atoms. The SMILES string of the molecule is CCOC(=O)c1c(NC(=O)c2ccc([N+](=O)[O-])cc2)sc2c1CC[C@](C#N)(c1ccccc1)C2. The summed E-state index contributed by atoms with van der Waals surface area (Å²) < 4.78 is 5.26. The van der Waals surface area contributed by atoms with Gasteiger partial charge in [0.15, 0.2) is 0 Å². The van der Waals surface area contributed by atoms with E-state index in [0.29, 0.717) is 29.8 Å². The lowest BCUT2D eigenvalue weighted by Gasteiger charge is -2.31. The third-order valence-electron chi connectivity index (χ3n) is 5.94. The second-order valence-electron chi connectivity index (χ2n) is 7.92. The number of hydrogen-bond acceptors (Lipinski definition) is 7. The number of carbonyl (C=O) groups excluding carboxylic acids is 2. The van der Waals surface area contributed by atoms with Crippen molar-refractivity contribution in [1.82, 2.24) is 0 Å². The van der Waals surface area contributed by atoms with Gasteiger partial charge in [0.2, 0.25) is 0 Å². The maximum Gasteiger partial charge on any atom is 0.341 e. The van der Waals surface area contributed by atoms with Crippen LogP contribution in [0.4, 0.5) is 10.7 Å². The van der Waals surface area contributed by atoms with Crippen LogP contribution < -0.4 is 5.32 Å². The van der Waals surface area contributed by atoms with Gasteiger partial charge in [0.05, 0.1) is 28.6 Å². The molecule has 8 nitrogen and oxygen atoms in total. The number of anilines is 1. The molecule has 0 unspecified atom stereocenters. The van der Waals surface area contributed by atoms with Crippen LogP contribution in [0.1, 0.15) is 50.1 Å². The summed E-state index contributed by atoms with van der Waals surface area (Å²) in [6, 6.07) is 17.3. The number of nitro groups is 1. The molecular weight excluding hydrogens is 454 g/mol. The van der Waals surface area contributed by atoms with Crippen LogP contribution in [-0.4, -0.2) is 23.4 Å². The van der Waals surface area contributed by atoms with Gasteiger partial charge < -0.3 is 10.1 Å². The first-order chi connectivity index (χ1) is 16.4. The van der Waals surface area contributed by atoms with Crippen LogP contribution >= 0.6 is 11.3 Å². The number of non-ortho nitro benzene ring substituents is 1. The number of hydrogen-bond donors (Lipinski definition) is 1. The Morgan fingerprint density at radius 2 is 1.91 bits per heavy atom. The van der Waals surface area contributed by atoms with Crippen molar-refractivity contribution in [3.63, 3.8) is 0 Å². The van der Waals surface area contributed by atoms with Crippen molar-refractivity contribution in [1.29, 1.82) is 5.26 Å². The lowest BCUT2D eigenvalue weighted by molar-refractivity contribution is -0.384. The number of ether oxygens (including phenoxy) is 1. The van der Waals surface area contributed by atoms with Crippen molar-refractivity contribution in [3.8, 4) is 6.07 Å². The minimum Gasteiger partial charge on any atom is -0.462 e. The van der Waals surface area contributed by atoms with Gasteiger partial charge in [0, 0.05) is 29.0 Å². The fourth-order valence-corrected chi connectivity index (χ4v) is 5.55. The van der Waals surface area contributed by atoms with E-state index in [1.165, 1.54) is 35.6 Å². The molecule has 1 N–H and O–H groups in total. The van der Waals surface area contributed by atoms with Gasteiger partial charge in [-0.15, -0.1) is 11.3 Å². The van der Waals surface area contributed by atoms with Crippen molar-refractivity contribution in [2.75, 3.05) is 11.9 Å². The van der Waals surface area contributed by atoms with E-state index in [0.717, 1.165) is 16.0 Å². The number of nitro benzene ring substituents is 1. The standard InChI is InChI=1S/C25H21N3O5S/c1-2-33-24(30)21-19-12-13-25(15-26,17-6-4-3-5-7-17)14-20(19)34-23(21)27-22(29)16-8-10-18(11-9-16)28(31)32/h3-11H,2,12-14H2,1H3,(H,27,29)/t25-/m0/s1. The topological polar surface area (TPSA) is 122 Å². The van der Waals surface area contributed by atoms with Gasteiger partial charge in [-0.25, -0.2) is 4.79 Å². The van der Waals surface area contributed by atoms with Crippen LogP contribution in [0.2, 0.25) is 0 Å². The van der Waals surface area contributed by atoms with Gasteiger partial charge in [0.1, 0.15) is 5.00 Å². The predicted molar refractivity (Wildman–Crippen MR) is 127 cm³/mol. The molecule has 0 radical (unpaired) electrons. The average Bonchev–Trinajstić information content (AvgIpc) is 3.21. The highest BCUT2D eigenvalue weighted by molar-refractivity contribution is 7.17. The molecule has 0 aliphatic heterocycles. The van der Waals surface area contributed by atoms with Crippen LogP contribution in [0.15, 0.2) is 54.6 Å². The summed E-state index contributed by atoms with van der Waals surface area (Å²) in [6.45, 7) is 1.90. The van der Waals surface area contributed by atoms with Crippen molar-refractivity contribution in [2.24, 2.45) is 0 Å². The summed E-state index contributed by atoms with van der Waals surface area (Å²) in [5, 5.41) is 24.1. The highest BCUT2D eigenvalue weighted by atomic mass is 32.1. The number of benzene rings is 2. The Kier molecular flexibility index (Phi) is 6.43. The molecule has 1 aliphatic carbocycles. The smallest absolute Gasteiger partial charge is 0.341 e. The number of amides is 1. The van der Waals surface area contributed by atoms with E-state index >= 15 is 0 Å². The largest absolute Gasteiger partial charge is 0.462 e. The first-order valence-corrected chi connectivity index (χ1v) is 11.5. The van der Waals surface area contributed by atoms with Gasteiger partial charge in [-0.1, -0.05) is 30.3 Å². The Bertz CT molecular complexity index is 1290. The molecule has 0 saturated carbocycles. The van der Waals surface area contributed by atoms with E-state index in [9.17, 15) is 25.0 Å². The molecule has 0 saturated heterocycles. The Morgan fingerprint density at radius 1 is 1.21 bits per heavy atom. The summed E-state index contributed by atoms with van der Waals surface area (Å²) in [7, 11) is 0. The van der Waals surface area contributed by atoms with Crippen molar-refractivity contribution >= 4 is 33.9 Å². The Hall–Kier alpha value is -4.03. The molecule has 2 aromatic carbocycles. The Labute approximate surface area is 199 Å². The summed E-state index contributed by atoms with van der Waals surface area (Å²) in [5.41, 5.74) is 1.42. The fraction of sp³-hybridized carbons (Fsp3) is 0.240. The second-order valence-corrected chi connectivity index (χ2v) is 9.03. The normalized spacial score (nSPS) is 16.7. The van der Waals surface area contributed by atoms with E-state index in [1.807, 2.05) is 30.3 Å². The van der Waals surface area contributed by atoms with Gasteiger partial charge >= 0.3 is 5.97 Å². The Morgan fingerprint density at radius 3 is 2.53 bits per heavy atom. The maximum absolute atomic E-state index is 12.9. The number of rotatable bonds is 6. The van der Waals surface area contributed by atoms with Crippen LogP contribution in [0.3, 0.4) is 0 Å². The predicted octanol–water partition coefficient (Wildman–Crippen LogP) is 5.04. The minimum atomic E-state index is -0.718. The molecule has 1 heterocycles. The van der Waals surface area contributed by atoms with Crippen LogP contribution in [0.5, 0.6) is 0 Å². The van der Waals surface area contributed by atoms with Gasteiger partial charge in [-0.3, -0.25) is 14.9 Å². The number of nitrogens with zero attached hydrogens (tertiary/aromatic N) is 2. The highest BCUT2D eigenvalue weighted by Gasteiger charge is 2.40. The van der Waals surface area contributed by atoms with Gasteiger partial charge in [0.25, 0.3) is 11.6 Å². The molecule has 3 aromatic rings. The third kappa shape index (κ3) is 4.28. The van der Waals surface area contributed by atoms with Gasteiger partial charge in [-0.05, 0) is 43.0 Å². The number of esters is 1. The Balaban J connectivity index is 1.69. The first-order valence-electron chi connectivity index (χ1n) is 10.7. The average molecular weight is 476 g/mol. The number of fused-ring (bicyclic) bond motifs is 1. The van der Waals surface area contributed by atoms with Crippen molar-refractivity contribution in [3.05, 3.63) is 91.8 Å². The molecule has 172 valence electrons. The summed E-state index contributed by atoms with van der Waals surface area (Å²) >= 11 is 1.27. The van der Waals surface area contributed by atoms with Gasteiger partial charge in [-0.2, -0.15) is 5.26 Å². The molecule has 1 aliphatic rings. The minimum absolute atomic E-state index is 0.121. The monoisotopic (exact) mass is 475 g/mol. The summed E-state index contributed by atoms with van der Waals surface area (Å²) in [4.78, 5) is 36.9. The lowest BCUT2D eigenvalue weighted by Crippen LogP contribution is -2.31. The first kappa shape index (κ1) is 23.1. The van der Waals surface area contributed by atoms with E-state index in [2.05, 4.69) is 11.4 Å². The second kappa shape index (κ2) is 9.45. The molecule has 34 heavy (non-hydrogen) atoms. The van der Waals surface area contributed by atoms with E-state index < -0.39 is 22.2 Å². The van der Waals surface area contributed by atoms with Crippen molar-refractivity contribution < 1.29 is 19.2 Å². The van der Waals surface area contributed by atoms with E-state index in [1.54, 1.807) is 6.92 Å². The number of carbonyl (C=O) groups is 2. The molecule has 4 rings (SSSR count). The third-order valence-corrected chi connectivity index (χ3v) is 7.09. The lowest BCUT2D eigenvalue weighted by atomic mass is 9.70. The fourth-order valence-electron chi connectivity index (χ4n) is 4.20. The van der Waals surface area contributed by atoms with Crippen LogP contribution in [-0.2, 0) is 23.0 Å². The zero-order valence-electron chi connectivity index (χ0n) is 18.4. The van der Waals surface area contributed by atoms with Crippen LogP contribution in [0, 0.1) is 21.4 Å². The number of thiophene rings is 1. The molecule has 1 amide bonds. The molecule has 1 aromatic heterocycles. The molecule has 0 fully saturated rings. The zero-order chi connectivity index (χ0) is 24.3. The van der Waals surface area contributed by atoms with E-state index in [-0.39, 0.29) is 17.9 Å². The summed E-state index contributed by atoms with van der Waals surface area (Å²) in [5.74, 6) is -1.02. The van der Waals surface area contributed by atoms with Crippen molar-refractivity contribution in [2.45, 2.75) is 31.6 Å². The van der Waals surface area contributed by atoms with Crippen LogP contribution in [0.25, 0.3) is 0 Å². The quantitative estimate of drug-likeness (QED) is 0.303. The number of nitrogens with one attached hydrogen (secondary N) is 1. The number of nitriles is 1. The molecular formula is C25H21N3O5S. The van der Waals surface area contributed by atoms with E-state index in [4.69, 9.17) is 4.74 Å². The molecule has 9 heteroatoms. The molecule has 1 atom stereocenters. The maximum atomic E-state index is 12.9. The molecule has 0 spiro atoms.